The van der Waals surface area contributed by atoms with Crippen molar-refractivity contribution in [2.24, 2.45) is 0 Å². The van der Waals surface area contributed by atoms with E-state index in [1.807, 2.05) is 38.1 Å². The molecule has 0 aromatic heterocycles. The standard InChI is InChI=1S/C15H12Br4O2.2Li/c1-15(2,7-3-9(16)13(20)10(17)4-7)8-5-11(18)14(21)12(19)6-8;;/h3-6,20-21H,1-2H3;;/q;2*+1/p-2. The molecule has 0 heterocycles. The quantitative estimate of drug-likeness (QED) is 0.457. The third-order valence-corrected chi connectivity index (χ3v) is 5.80. The van der Waals surface area contributed by atoms with Crippen molar-refractivity contribution in [3.63, 3.8) is 0 Å². The molecule has 0 amide bonds. The first-order valence-electron chi connectivity index (χ1n) is 5.97. The summed E-state index contributed by atoms with van der Waals surface area (Å²) in [5.41, 5.74) is 1.58. The van der Waals surface area contributed by atoms with Gasteiger partial charge in [-0.1, -0.05) is 89.1 Å². The van der Waals surface area contributed by atoms with Crippen molar-refractivity contribution in [1.29, 1.82) is 0 Å². The topological polar surface area (TPSA) is 46.1 Å². The number of benzene rings is 2. The molecule has 0 fully saturated rings. The van der Waals surface area contributed by atoms with Crippen molar-refractivity contribution in [3.05, 3.63) is 53.3 Å². The Morgan fingerprint density at radius 2 is 0.870 bits per heavy atom. The SMILES string of the molecule is CC(C)(c1cc(Br)c([O-])c(Br)c1)c1cc(Br)c([O-])c(Br)c1.[Li+].[Li+]. The Morgan fingerprint density at radius 3 is 1.09 bits per heavy atom. The monoisotopic (exact) mass is 552 g/mol. The van der Waals surface area contributed by atoms with E-state index in [-0.39, 0.29) is 54.6 Å². The molecular weight excluding hydrogens is 546 g/mol. The van der Waals surface area contributed by atoms with Gasteiger partial charge >= 0.3 is 37.7 Å². The second kappa shape index (κ2) is 9.20. The van der Waals surface area contributed by atoms with Gasteiger partial charge in [-0.05, 0) is 35.4 Å². The van der Waals surface area contributed by atoms with Crippen LogP contribution in [0, 0.1) is 0 Å². The first-order valence-corrected chi connectivity index (χ1v) is 9.15. The van der Waals surface area contributed by atoms with E-state index in [0.717, 1.165) is 11.1 Å². The Morgan fingerprint density at radius 1 is 0.652 bits per heavy atom. The third kappa shape index (κ3) is 5.08. The summed E-state index contributed by atoms with van der Waals surface area (Å²) >= 11 is 13.2. The summed E-state index contributed by atoms with van der Waals surface area (Å²) in [6.07, 6.45) is 0. The molecule has 2 aromatic carbocycles. The molecule has 0 aliphatic carbocycles. The van der Waals surface area contributed by atoms with Gasteiger partial charge in [0.1, 0.15) is 0 Å². The molecule has 0 aliphatic heterocycles. The summed E-state index contributed by atoms with van der Waals surface area (Å²) in [5, 5.41) is 23.6. The second-order valence-electron chi connectivity index (χ2n) is 5.16. The number of hydrogen-bond donors (Lipinski definition) is 0. The van der Waals surface area contributed by atoms with Gasteiger partial charge in [0.25, 0.3) is 0 Å². The average molecular weight is 556 g/mol. The molecule has 0 aliphatic rings. The van der Waals surface area contributed by atoms with Crippen molar-refractivity contribution < 1.29 is 47.9 Å². The van der Waals surface area contributed by atoms with E-state index in [9.17, 15) is 10.2 Å². The third-order valence-electron chi connectivity index (χ3n) is 3.44. The Balaban J connectivity index is 0.00000242. The zero-order valence-electron chi connectivity index (χ0n) is 13.1. The number of hydrogen-bond acceptors (Lipinski definition) is 2. The molecule has 0 bridgehead atoms. The van der Waals surface area contributed by atoms with E-state index in [2.05, 4.69) is 63.7 Å². The maximum Gasteiger partial charge on any atom is 1.00 e. The molecule has 0 spiro atoms. The minimum atomic E-state index is -0.364. The Bertz CT molecular complexity index is 615. The first-order chi connectivity index (χ1) is 9.64. The van der Waals surface area contributed by atoms with Gasteiger partial charge in [0, 0.05) is 23.3 Å². The molecule has 0 saturated carbocycles. The van der Waals surface area contributed by atoms with E-state index in [0.29, 0.717) is 17.9 Å². The summed E-state index contributed by atoms with van der Waals surface area (Å²) in [6, 6.07) is 7.28. The van der Waals surface area contributed by atoms with Crippen LogP contribution in [0.2, 0.25) is 0 Å². The van der Waals surface area contributed by atoms with Gasteiger partial charge in [0.05, 0.1) is 0 Å². The van der Waals surface area contributed by atoms with Crippen molar-refractivity contribution in [2.75, 3.05) is 0 Å². The van der Waals surface area contributed by atoms with Crippen LogP contribution >= 0.6 is 63.7 Å². The minimum Gasteiger partial charge on any atom is -0.871 e. The van der Waals surface area contributed by atoms with Crippen LogP contribution in [0.1, 0.15) is 25.0 Å². The fourth-order valence-corrected chi connectivity index (χ4v) is 4.38. The average Bonchev–Trinajstić information content (AvgIpc) is 2.40. The summed E-state index contributed by atoms with van der Waals surface area (Å²) in [6.45, 7) is 4.09. The summed E-state index contributed by atoms with van der Waals surface area (Å²) < 4.78 is 2.05. The zero-order chi connectivity index (χ0) is 15.9. The van der Waals surface area contributed by atoms with Crippen LogP contribution in [0.5, 0.6) is 11.5 Å². The van der Waals surface area contributed by atoms with Gasteiger partial charge < -0.3 is 10.2 Å². The largest absolute Gasteiger partial charge is 1.00 e. The van der Waals surface area contributed by atoms with Crippen LogP contribution in [-0.2, 0) is 5.41 Å². The molecule has 8 heteroatoms. The van der Waals surface area contributed by atoms with Crippen LogP contribution in [-0.4, -0.2) is 0 Å². The fraction of sp³-hybridized carbons (Fsp3) is 0.200. The molecule has 0 atom stereocenters. The molecular formula is C15H10Br4Li2O2. The summed E-state index contributed by atoms with van der Waals surface area (Å²) in [5.74, 6) is -0.154. The Labute approximate surface area is 193 Å². The van der Waals surface area contributed by atoms with Crippen molar-refractivity contribution in [2.45, 2.75) is 19.3 Å². The van der Waals surface area contributed by atoms with Gasteiger partial charge in [-0.3, -0.25) is 0 Å². The summed E-state index contributed by atoms with van der Waals surface area (Å²) in [7, 11) is 0. The Hall–Kier alpha value is 1.15. The Kier molecular flexibility index (Phi) is 9.66. The van der Waals surface area contributed by atoms with Gasteiger partial charge in [0.2, 0.25) is 0 Å². The van der Waals surface area contributed by atoms with Crippen molar-refractivity contribution >= 4 is 63.7 Å². The molecule has 0 unspecified atom stereocenters. The molecule has 23 heavy (non-hydrogen) atoms. The zero-order valence-corrected chi connectivity index (χ0v) is 19.5. The van der Waals surface area contributed by atoms with Crippen LogP contribution in [0.25, 0.3) is 0 Å². The van der Waals surface area contributed by atoms with E-state index in [1.54, 1.807) is 0 Å². The van der Waals surface area contributed by atoms with Gasteiger partial charge in [-0.25, -0.2) is 0 Å². The van der Waals surface area contributed by atoms with Crippen molar-refractivity contribution in [1.82, 2.24) is 0 Å². The second-order valence-corrected chi connectivity index (χ2v) is 8.58. The molecule has 112 valence electrons. The maximum absolute atomic E-state index is 11.8. The van der Waals surface area contributed by atoms with Gasteiger partial charge in [0.15, 0.2) is 0 Å². The summed E-state index contributed by atoms with van der Waals surface area (Å²) in [4.78, 5) is 0. The predicted molar refractivity (Wildman–Crippen MR) is 94.7 cm³/mol. The van der Waals surface area contributed by atoms with E-state index in [4.69, 9.17) is 0 Å². The smallest absolute Gasteiger partial charge is 0.871 e. The van der Waals surface area contributed by atoms with Gasteiger partial charge in [-0.2, -0.15) is 0 Å². The van der Waals surface area contributed by atoms with Crippen molar-refractivity contribution in [3.8, 4) is 11.5 Å². The molecule has 2 nitrogen and oxygen atoms in total. The molecule has 2 aromatic rings. The fourth-order valence-electron chi connectivity index (χ4n) is 2.01. The number of rotatable bonds is 2. The van der Waals surface area contributed by atoms with Crippen LogP contribution in [0.3, 0.4) is 0 Å². The van der Waals surface area contributed by atoms with E-state index in [1.165, 1.54) is 0 Å². The van der Waals surface area contributed by atoms with Crippen LogP contribution in [0.4, 0.5) is 0 Å². The molecule has 0 radical (unpaired) electrons. The van der Waals surface area contributed by atoms with Crippen LogP contribution in [0.15, 0.2) is 42.2 Å². The molecule has 0 saturated heterocycles. The van der Waals surface area contributed by atoms with Gasteiger partial charge in [-0.15, -0.1) is 0 Å². The van der Waals surface area contributed by atoms with E-state index >= 15 is 0 Å². The van der Waals surface area contributed by atoms with E-state index < -0.39 is 0 Å². The normalized spacial score (nSPS) is 10.7. The minimum absolute atomic E-state index is 0. The molecule has 2 rings (SSSR count). The predicted octanol–water partition coefficient (Wildman–Crippen LogP) is -0.782. The first kappa shape index (κ1) is 24.2. The molecule has 0 N–H and O–H groups in total. The van der Waals surface area contributed by atoms with Crippen LogP contribution < -0.4 is 47.9 Å². The maximum atomic E-state index is 11.8. The number of halogens is 4.